The number of nitrogens with zero attached hydrogens (tertiary/aromatic N) is 3. The molecule has 0 aromatic heterocycles. The van der Waals surface area contributed by atoms with E-state index < -0.39 is 42.7 Å². The Balaban J connectivity index is 1.70. The molecule has 0 aliphatic carbocycles. The van der Waals surface area contributed by atoms with Crippen molar-refractivity contribution in [3.63, 3.8) is 0 Å². The Morgan fingerprint density at radius 2 is 1.87 bits per heavy atom. The minimum Gasteiger partial charge on any atom is -0.457 e. The molecule has 3 heterocycles. The lowest BCUT2D eigenvalue weighted by Gasteiger charge is -2.36. The summed E-state index contributed by atoms with van der Waals surface area (Å²) in [5.41, 5.74) is -0.508. The number of carbonyl (C=O) groups excluding carboxylic acids is 3. The molecule has 3 rings (SSSR count). The fraction of sp³-hybridized carbons (Fsp3) is 0.735. The quantitative estimate of drug-likeness (QED) is 0.178. The molecule has 7 atom stereocenters. The predicted octanol–water partition coefficient (Wildman–Crippen LogP) is 5.12. The molecule has 2 amide bonds. The van der Waals surface area contributed by atoms with Crippen molar-refractivity contribution in [2.24, 2.45) is 17.8 Å². The Bertz CT molecular complexity index is 1090. The summed E-state index contributed by atoms with van der Waals surface area (Å²) in [4.78, 5) is 43.6. The van der Waals surface area contributed by atoms with Crippen LogP contribution in [0.1, 0.15) is 66.7 Å². The molecule has 2 saturated heterocycles. The van der Waals surface area contributed by atoms with E-state index in [4.69, 9.17) is 14.2 Å². The molecule has 0 radical (unpaired) electrons. The van der Waals surface area contributed by atoms with Crippen LogP contribution in [0, 0.1) is 17.8 Å². The van der Waals surface area contributed by atoms with Crippen molar-refractivity contribution < 1.29 is 38.1 Å². The van der Waals surface area contributed by atoms with Crippen molar-refractivity contribution in [1.29, 1.82) is 0 Å². The van der Waals surface area contributed by atoms with Crippen LogP contribution >= 0.6 is 0 Å². The van der Waals surface area contributed by atoms with Crippen molar-refractivity contribution in [2.75, 3.05) is 53.1 Å². The maximum absolute atomic E-state index is 13.2. The van der Waals surface area contributed by atoms with Gasteiger partial charge in [0.15, 0.2) is 6.10 Å². The van der Waals surface area contributed by atoms with Crippen LogP contribution in [0.2, 0.25) is 0 Å². The third kappa shape index (κ3) is 11.1. The molecule has 1 N–H and O–H groups in total. The van der Waals surface area contributed by atoms with Crippen molar-refractivity contribution in [1.82, 2.24) is 14.7 Å². The maximum Gasteiger partial charge on any atom is 0.410 e. The second-order valence-electron chi connectivity index (χ2n) is 13.4. The first-order valence-corrected chi connectivity index (χ1v) is 16.4. The molecular formula is C34H54FN3O7. The zero-order valence-electron chi connectivity index (χ0n) is 28.0. The maximum atomic E-state index is 13.2. The SMILES string of the molecule is C/C(=C\C=C\[C@@H](C)COC(=O)N1CCC[C@H]1CF)[C@H]1OC(=O)C[C@H](C)CC[C@@](C)(O)[C@@H](OC(=O)N2CCN(C)CC2)/C=C/[C@@H]1C. The van der Waals surface area contributed by atoms with Crippen LogP contribution in [-0.2, 0) is 19.0 Å². The highest BCUT2D eigenvalue weighted by molar-refractivity contribution is 5.70. The Morgan fingerprint density at radius 1 is 1.16 bits per heavy atom. The second-order valence-corrected chi connectivity index (χ2v) is 13.4. The lowest BCUT2D eigenvalue weighted by Crippen LogP contribution is -2.50. The van der Waals surface area contributed by atoms with Crippen LogP contribution in [0.4, 0.5) is 14.0 Å². The highest BCUT2D eigenvalue weighted by Crippen LogP contribution is 2.29. The standard InChI is InChI=1S/C34H54FN3O7/c1-24-14-15-34(5,42)29(44-32(40)37-19-17-36(6)18-20-37)13-12-27(4)31(45-30(39)21-24)26(3)10-7-9-25(2)23-43-33(41)38-16-8-11-28(38)22-35/h7,9-10,12-13,24-25,27-29,31,42H,8,11,14-23H2,1-6H3/b9-7+,13-12+,26-10+/t24-,25-,27+,28+,29+,31-,34-/m1/s1. The number of cyclic esters (lactones) is 1. The minimum absolute atomic E-state index is 0.0363. The number of halogens is 1. The summed E-state index contributed by atoms with van der Waals surface area (Å²) in [6.45, 7) is 12.1. The number of amides is 2. The average molecular weight is 636 g/mol. The summed E-state index contributed by atoms with van der Waals surface area (Å²) in [6, 6.07) is -0.396. The van der Waals surface area contributed by atoms with Gasteiger partial charge in [-0.15, -0.1) is 0 Å². The van der Waals surface area contributed by atoms with Gasteiger partial charge in [0, 0.05) is 51.0 Å². The average Bonchev–Trinajstić information content (AvgIpc) is 3.48. The zero-order valence-corrected chi connectivity index (χ0v) is 28.0. The third-order valence-electron chi connectivity index (χ3n) is 9.09. The number of likely N-dealkylation sites (N-methyl/N-ethyl adjacent to an activating group) is 1. The van der Waals surface area contributed by atoms with Gasteiger partial charge in [-0.1, -0.05) is 45.1 Å². The fourth-order valence-electron chi connectivity index (χ4n) is 5.86. The highest BCUT2D eigenvalue weighted by Gasteiger charge is 2.36. The van der Waals surface area contributed by atoms with Gasteiger partial charge in [0.25, 0.3) is 0 Å². The van der Waals surface area contributed by atoms with Crippen molar-refractivity contribution >= 4 is 18.2 Å². The molecule has 0 aromatic rings. The van der Waals surface area contributed by atoms with E-state index in [9.17, 15) is 23.9 Å². The van der Waals surface area contributed by atoms with Gasteiger partial charge >= 0.3 is 18.2 Å². The summed E-state index contributed by atoms with van der Waals surface area (Å²) in [7, 11) is 2.01. The largest absolute Gasteiger partial charge is 0.457 e. The Morgan fingerprint density at radius 3 is 2.56 bits per heavy atom. The number of allylic oxidation sites excluding steroid dienone is 2. The van der Waals surface area contributed by atoms with Gasteiger partial charge in [-0.05, 0) is 64.1 Å². The number of carbonyl (C=O) groups is 3. The highest BCUT2D eigenvalue weighted by atomic mass is 19.1. The number of hydrogen-bond donors (Lipinski definition) is 1. The topological polar surface area (TPSA) is 109 Å². The van der Waals surface area contributed by atoms with Crippen LogP contribution in [0.5, 0.6) is 0 Å². The van der Waals surface area contributed by atoms with E-state index in [1.807, 2.05) is 59.0 Å². The van der Waals surface area contributed by atoms with Crippen molar-refractivity contribution in [2.45, 2.75) is 90.6 Å². The first-order valence-electron chi connectivity index (χ1n) is 16.4. The summed E-state index contributed by atoms with van der Waals surface area (Å²) < 4.78 is 30.4. The monoisotopic (exact) mass is 635 g/mol. The van der Waals surface area contributed by atoms with Crippen LogP contribution < -0.4 is 0 Å². The van der Waals surface area contributed by atoms with Crippen LogP contribution in [-0.4, -0.2) is 115 Å². The number of ether oxygens (including phenoxy) is 3. The molecule has 254 valence electrons. The second kappa shape index (κ2) is 17.1. The van der Waals surface area contributed by atoms with Crippen LogP contribution in [0.15, 0.2) is 36.0 Å². The van der Waals surface area contributed by atoms with Gasteiger partial charge in [-0.3, -0.25) is 4.79 Å². The van der Waals surface area contributed by atoms with E-state index in [-0.39, 0.29) is 36.8 Å². The number of rotatable bonds is 7. The van der Waals surface area contributed by atoms with Gasteiger partial charge in [-0.25, -0.2) is 14.0 Å². The summed E-state index contributed by atoms with van der Waals surface area (Å²) >= 11 is 0. The molecule has 10 nitrogen and oxygen atoms in total. The van der Waals surface area contributed by atoms with Gasteiger partial charge in [-0.2, -0.15) is 0 Å². The van der Waals surface area contributed by atoms with Crippen LogP contribution in [0.3, 0.4) is 0 Å². The number of hydrogen-bond acceptors (Lipinski definition) is 8. The number of aliphatic hydroxyl groups is 1. The molecule has 0 spiro atoms. The lowest BCUT2D eigenvalue weighted by molar-refractivity contribution is -0.150. The minimum atomic E-state index is -1.32. The molecule has 11 heteroatoms. The van der Waals surface area contributed by atoms with E-state index in [1.54, 1.807) is 17.9 Å². The summed E-state index contributed by atoms with van der Waals surface area (Å²) in [5, 5.41) is 11.4. The number of likely N-dealkylation sites (tertiary alicyclic amines) is 1. The van der Waals surface area contributed by atoms with E-state index in [0.29, 0.717) is 38.9 Å². The van der Waals surface area contributed by atoms with Crippen molar-refractivity contribution in [3.05, 3.63) is 36.0 Å². The molecule has 0 bridgehead atoms. The molecule has 3 aliphatic rings. The van der Waals surface area contributed by atoms with Gasteiger partial charge in [0.05, 0.1) is 12.6 Å². The molecule has 0 aromatic carbocycles. The van der Waals surface area contributed by atoms with Gasteiger partial charge < -0.3 is 34.0 Å². The number of alkyl halides is 1. The van der Waals surface area contributed by atoms with Crippen LogP contribution in [0.25, 0.3) is 0 Å². The molecule has 3 aliphatic heterocycles. The number of piperazine rings is 1. The molecular weight excluding hydrogens is 581 g/mol. The lowest BCUT2D eigenvalue weighted by atomic mass is 9.87. The third-order valence-corrected chi connectivity index (χ3v) is 9.09. The normalized spacial score (nSPS) is 32.4. The Labute approximate surface area is 268 Å². The molecule has 2 fully saturated rings. The van der Waals surface area contributed by atoms with E-state index in [0.717, 1.165) is 25.1 Å². The molecule has 45 heavy (non-hydrogen) atoms. The fourth-order valence-corrected chi connectivity index (χ4v) is 5.86. The summed E-state index contributed by atoms with van der Waals surface area (Å²) in [5.74, 6) is -0.710. The van der Waals surface area contributed by atoms with Crippen molar-refractivity contribution in [3.8, 4) is 0 Å². The molecule has 0 saturated carbocycles. The smallest absolute Gasteiger partial charge is 0.410 e. The zero-order chi connectivity index (χ0) is 33.1. The predicted molar refractivity (Wildman–Crippen MR) is 170 cm³/mol. The molecule has 0 unspecified atom stereocenters. The summed E-state index contributed by atoms with van der Waals surface area (Å²) in [6.07, 6.45) is 9.37. The van der Waals surface area contributed by atoms with E-state index in [2.05, 4.69) is 4.90 Å². The van der Waals surface area contributed by atoms with Gasteiger partial charge in [0.1, 0.15) is 18.4 Å². The van der Waals surface area contributed by atoms with Gasteiger partial charge in [0.2, 0.25) is 0 Å². The van der Waals surface area contributed by atoms with E-state index in [1.165, 1.54) is 4.90 Å². The Hall–Kier alpha value is -2.92. The van der Waals surface area contributed by atoms with E-state index >= 15 is 0 Å². The first-order chi connectivity index (χ1) is 21.3. The first kappa shape index (κ1) is 36.5. The number of esters is 1. The Kier molecular flexibility index (Phi) is 13.9.